The molecule has 1 fully saturated rings. The van der Waals surface area contributed by atoms with Crippen molar-refractivity contribution in [1.82, 2.24) is 10.2 Å². The van der Waals surface area contributed by atoms with E-state index in [2.05, 4.69) is 41.4 Å². The Kier molecular flexibility index (Phi) is 9.42. The first-order chi connectivity index (χ1) is 9.22. The third-order valence-electron chi connectivity index (χ3n) is 3.68. The first-order valence-corrected chi connectivity index (χ1v) is 6.95. The number of halogens is 2. The second-order valence-electron chi connectivity index (χ2n) is 5.01. The van der Waals surface area contributed by atoms with Crippen molar-refractivity contribution < 1.29 is 4.79 Å². The van der Waals surface area contributed by atoms with Crippen LogP contribution < -0.4 is 10.2 Å². The molecular weight excluding hydrogens is 309 g/mol. The van der Waals surface area contributed by atoms with Gasteiger partial charge in [-0.25, -0.2) is 0 Å². The zero-order valence-electron chi connectivity index (χ0n) is 12.7. The van der Waals surface area contributed by atoms with Crippen LogP contribution in [0.4, 0.5) is 5.69 Å². The Morgan fingerprint density at radius 2 is 1.76 bits per heavy atom. The summed E-state index contributed by atoms with van der Waals surface area (Å²) in [6.07, 6.45) is 0.598. The summed E-state index contributed by atoms with van der Waals surface area (Å²) in [4.78, 5) is 16.3. The monoisotopic (exact) mass is 333 g/mol. The smallest absolute Gasteiger partial charge is 0.223 e. The molecule has 1 saturated heterocycles. The zero-order valence-corrected chi connectivity index (χ0v) is 14.3. The van der Waals surface area contributed by atoms with E-state index in [4.69, 9.17) is 0 Å². The van der Waals surface area contributed by atoms with Gasteiger partial charge in [-0.3, -0.25) is 4.79 Å². The van der Waals surface area contributed by atoms with E-state index in [1.807, 2.05) is 11.9 Å². The number of amides is 1. The fourth-order valence-corrected chi connectivity index (χ4v) is 2.51. The summed E-state index contributed by atoms with van der Waals surface area (Å²) in [5.41, 5.74) is 2.60. The maximum Gasteiger partial charge on any atom is 0.223 e. The van der Waals surface area contributed by atoms with E-state index >= 15 is 0 Å². The van der Waals surface area contributed by atoms with E-state index in [1.54, 1.807) is 0 Å². The predicted octanol–water partition coefficient (Wildman–Crippen LogP) is 2.10. The first kappa shape index (κ1) is 20.0. The molecular formula is C15H25Cl2N3O. The summed E-state index contributed by atoms with van der Waals surface area (Å²) < 4.78 is 0. The van der Waals surface area contributed by atoms with Gasteiger partial charge in [0.2, 0.25) is 5.91 Å². The quantitative estimate of drug-likeness (QED) is 0.916. The third kappa shape index (κ3) is 5.38. The van der Waals surface area contributed by atoms with E-state index in [0.717, 1.165) is 32.7 Å². The Hall–Kier alpha value is -0.970. The predicted molar refractivity (Wildman–Crippen MR) is 93.0 cm³/mol. The minimum Gasteiger partial charge on any atom is -0.368 e. The van der Waals surface area contributed by atoms with Crippen molar-refractivity contribution in [2.45, 2.75) is 13.3 Å². The Bertz CT molecular complexity index is 435. The molecule has 1 amide bonds. The maximum atomic E-state index is 11.9. The normalized spacial score (nSPS) is 14.2. The third-order valence-corrected chi connectivity index (χ3v) is 3.68. The van der Waals surface area contributed by atoms with Gasteiger partial charge < -0.3 is 15.1 Å². The largest absolute Gasteiger partial charge is 0.368 e. The molecule has 0 atom stereocenters. The van der Waals surface area contributed by atoms with Crippen molar-refractivity contribution in [3.63, 3.8) is 0 Å². The molecule has 0 bridgehead atoms. The average Bonchev–Trinajstić information content (AvgIpc) is 2.45. The number of anilines is 1. The highest BCUT2D eigenvalue weighted by Crippen LogP contribution is 2.20. The van der Waals surface area contributed by atoms with Gasteiger partial charge in [-0.15, -0.1) is 24.8 Å². The van der Waals surface area contributed by atoms with Gasteiger partial charge >= 0.3 is 0 Å². The summed E-state index contributed by atoms with van der Waals surface area (Å²) in [5.74, 6) is 0.263. The van der Waals surface area contributed by atoms with Crippen LogP contribution in [-0.4, -0.2) is 50.6 Å². The summed E-state index contributed by atoms with van der Waals surface area (Å²) >= 11 is 0. The molecule has 4 nitrogen and oxygen atoms in total. The van der Waals surface area contributed by atoms with Crippen LogP contribution in [0.2, 0.25) is 0 Å². The van der Waals surface area contributed by atoms with Gasteiger partial charge in [0.25, 0.3) is 0 Å². The molecule has 120 valence electrons. The molecule has 1 heterocycles. The van der Waals surface area contributed by atoms with Gasteiger partial charge in [-0.2, -0.15) is 0 Å². The van der Waals surface area contributed by atoms with Crippen molar-refractivity contribution in [2.24, 2.45) is 0 Å². The lowest BCUT2D eigenvalue weighted by Crippen LogP contribution is -2.49. The van der Waals surface area contributed by atoms with Gasteiger partial charge in [0.1, 0.15) is 0 Å². The standard InChI is InChI=1S/C15H23N3O.2ClH/c1-13-5-3-4-6-14(13)17-9-11-18(12-10-17)15(19)7-8-16-2;;/h3-6,16H,7-12H2,1-2H3;2*1H. The lowest BCUT2D eigenvalue weighted by molar-refractivity contribution is -0.131. The molecule has 21 heavy (non-hydrogen) atoms. The van der Waals surface area contributed by atoms with Crippen LogP contribution in [0.15, 0.2) is 24.3 Å². The number of benzene rings is 1. The molecule has 0 saturated carbocycles. The molecule has 0 spiro atoms. The SMILES string of the molecule is CNCCC(=O)N1CCN(c2ccccc2C)CC1.Cl.Cl. The van der Waals surface area contributed by atoms with E-state index in [0.29, 0.717) is 6.42 Å². The zero-order chi connectivity index (χ0) is 13.7. The number of carbonyl (C=O) groups excluding carboxylic acids is 1. The van der Waals surface area contributed by atoms with Crippen LogP contribution >= 0.6 is 24.8 Å². The van der Waals surface area contributed by atoms with Gasteiger partial charge in [-0.1, -0.05) is 18.2 Å². The average molecular weight is 334 g/mol. The van der Waals surface area contributed by atoms with E-state index in [1.165, 1.54) is 11.3 Å². The molecule has 1 aromatic rings. The highest BCUT2D eigenvalue weighted by Gasteiger charge is 2.21. The number of para-hydroxylation sites is 1. The highest BCUT2D eigenvalue weighted by atomic mass is 35.5. The number of carbonyl (C=O) groups is 1. The maximum absolute atomic E-state index is 11.9. The molecule has 0 radical (unpaired) electrons. The van der Waals surface area contributed by atoms with Crippen LogP contribution in [-0.2, 0) is 4.79 Å². The van der Waals surface area contributed by atoms with Gasteiger partial charge in [0.05, 0.1) is 0 Å². The molecule has 0 aliphatic carbocycles. The fourth-order valence-electron chi connectivity index (χ4n) is 2.51. The van der Waals surface area contributed by atoms with Crippen LogP contribution in [0.5, 0.6) is 0 Å². The number of hydrogen-bond acceptors (Lipinski definition) is 3. The Balaban J connectivity index is 0.00000200. The van der Waals surface area contributed by atoms with Crippen molar-refractivity contribution in [1.29, 1.82) is 0 Å². The summed E-state index contributed by atoms with van der Waals surface area (Å²) in [5, 5.41) is 3.02. The molecule has 0 aromatic heterocycles. The van der Waals surface area contributed by atoms with Crippen molar-refractivity contribution >= 4 is 36.4 Å². The minimum absolute atomic E-state index is 0. The molecule has 6 heteroatoms. The number of hydrogen-bond donors (Lipinski definition) is 1. The van der Waals surface area contributed by atoms with Crippen molar-refractivity contribution in [2.75, 3.05) is 44.7 Å². The van der Waals surface area contributed by atoms with E-state index in [9.17, 15) is 4.79 Å². The lowest BCUT2D eigenvalue weighted by Gasteiger charge is -2.36. The van der Waals surface area contributed by atoms with Crippen molar-refractivity contribution in [3.05, 3.63) is 29.8 Å². The second kappa shape index (κ2) is 9.87. The summed E-state index contributed by atoms with van der Waals surface area (Å²) in [6, 6.07) is 8.44. The Morgan fingerprint density at radius 1 is 1.14 bits per heavy atom. The number of rotatable bonds is 4. The van der Waals surface area contributed by atoms with Crippen LogP contribution in [0.3, 0.4) is 0 Å². The summed E-state index contributed by atoms with van der Waals surface area (Å²) in [6.45, 7) is 6.41. The Labute approximate surface area is 139 Å². The number of aryl methyl sites for hydroxylation is 1. The van der Waals surface area contributed by atoms with Crippen LogP contribution in [0, 0.1) is 6.92 Å². The van der Waals surface area contributed by atoms with Gasteiger partial charge in [-0.05, 0) is 25.6 Å². The van der Waals surface area contributed by atoms with Crippen molar-refractivity contribution in [3.8, 4) is 0 Å². The number of nitrogens with one attached hydrogen (secondary N) is 1. The first-order valence-electron chi connectivity index (χ1n) is 6.95. The number of piperazine rings is 1. The summed E-state index contributed by atoms with van der Waals surface area (Å²) in [7, 11) is 1.88. The Morgan fingerprint density at radius 3 is 2.33 bits per heavy atom. The fraction of sp³-hybridized carbons (Fsp3) is 0.533. The van der Waals surface area contributed by atoms with Crippen LogP contribution in [0.25, 0.3) is 0 Å². The van der Waals surface area contributed by atoms with Crippen LogP contribution in [0.1, 0.15) is 12.0 Å². The minimum atomic E-state index is 0. The van der Waals surface area contributed by atoms with Gasteiger partial charge in [0.15, 0.2) is 0 Å². The molecule has 1 aromatic carbocycles. The topological polar surface area (TPSA) is 35.6 Å². The lowest BCUT2D eigenvalue weighted by atomic mass is 10.1. The second-order valence-corrected chi connectivity index (χ2v) is 5.01. The van der Waals surface area contributed by atoms with Gasteiger partial charge in [0, 0.05) is 44.8 Å². The molecule has 1 aliphatic rings. The molecule has 1 aliphatic heterocycles. The van der Waals surface area contributed by atoms with E-state index in [-0.39, 0.29) is 30.7 Å². The molecule has 1 N–H and O–H groups in total. The van der Waals surface area contributed by atoms with E-state index < -0.39 is 0 Å². The molecule has 2 rings (SSSR count). The number of nitrogens with zero attached hydrogens (tertiary/aromatic N) is 2. The highest BCUT2D eigenvalue weighted by molar-refractivity contribution is 5.85. The molecule has 0 unspecified atom stereocenters.